The molecule has 29 heavy (non-hydrogen) atoms. The highest BCUT2D eigenvalue weighted by molar-refractivity contribution is 7.99. The van der Waals surface area contributed by atoms with Gasteiger partial charge < -0.3 is 5.32 Å². The SMILES string of the molecule is Cc1nc(SCCCCC(=O)NCC(C)C)n(C)c(=O)c1Cc1ccccc1F. The Balaban J connectivity index is 1.92. The molecule has 158 valence electrons. The number of nitrogens with zero attached hydrogens (tertiary/aromatic N) is 2. The number of amides is 1. The monoisotopic (exact) mass is 419 g/mol. The summed E-state index contributed by atoms with van der Waals surface area (Å²) in [7, 11) is 1.70. The van der Waals surface area contributed by atoms with E-state index in [4.69, 9.17) is 0 Å². The van der Waals surface area contributed by atoms with Crippen LogP contribution in [0.5, 0.6) is 0 Å². The Kier molecular flexibility index (Phi) is 8.89. The van der Waals surface area contributed by atoms with Crippen LogP contribution in [-0.2, 0) is 18.3 Å². The minimum atomic E-state index is -0.315. The van der Waals surface area contributed by atoms with Crippen molar-refractivity contribution in [1.82, 2.24) is 14.9 Å². The molecule has 5 nitrogen and oxygen atoms in total. The normalized spacial score (nSPS) is 11.1. The largest absolute Gasteiger partial charge is 0.356 e. The van der Waals surface area contributed by atoms with Gasteiger partial charge in [0.2, 0.25) is 5.91 Å². The lowest BCUT2D eigenvalue weighted by Crippen LogP contribution is -2.27. The second-order valence-corrected chi connectivity index (χ2v) is 8.66. The number of carbonyl (C=O) groups is 1. The van der Waals surface area contributed by atoms with Crippen molar-refractivity contribution in [3.63, 3.8) is 0 Å². The van der Waals surface area contributed by atoms with E-state index in [0.29, 0.717) is 40.9 Å². The van der Waals surface area contributed by atoms with E-state index in [2.05, 4.69) is 24.1 Å². The van der Waals surface area contributed by atoms with Crippen LogP contribution in [0.1, 0.15) is 49.9 Å². The first kappa shape index (κ1) is 23.1. The highest BCUT2D eigenvalue weighted by Crippen LogP contribution is 2.19. The number of nitrogens with one attached hydrogen (secondary N) is 1. The van der Waals surface area contributed by atoms with Gasteiger partial charge in [-0.2, -0.15) is 0 Å². The van der Waals surface area contributed by atoms with Crippen LogP contribution in [-0.4, -0.2) is 27.8 Å². The van der Waals surface area contributed by atoms with E-state index < -0.39 is 0 Å². The lowest BCUT2D eigenvalue weighted by atomic mass is 10.0. The Morgan fingerprint density at radius 2 is 2.00 bits per heavy atom. The van der Waals surface area contributed by atoms with Crippen LogP contribution in [0, 0.1) is 18.7 Å². The number of aromatic nitrogens is 2. The molecule has 2 rings (SSSR count). The molecular weight excluding hydrogens is 389 g/mol. The Bertz CT molecular complexity index is 896. The molecule has 1 N–H and O–H groups in total. The average molecular weight is 420 g/mol. The molecule has 1 amide bonds. The molecule has 0 atom stereocenters. The van der Waals surface area contributed by atoms with Crippen LogP contribution in [0.2, 0.25) is 0 Å². The van der Waals surface area contributed by atoms with Crippen molar-refractivity contribution in [3.05, 3.63) is 57.3 Å². The van der Waals surface area contributed by atoms with Crippen LogP contribution < -0.4 is 10.9 Å². The van der Waals surface area contributed by atoms with Crippen molar-refractivity contribution < 1.29 is 9.18 Å². The molecule has 7 heteroatoms. The van der Waals surface area contributed by atoms with E-state index in [1.54, 1.807) is 32.2 Å². The number of halogens is 1. The lowest BCUT2D eigenvalue weighted by molar-refractivity contribution is -0.121. The quantitative estimate of drug-likeness (QED) is 0.361. The average Bonchev–Trinajstić information content (AvgIpc) is 2.68. The number of benzene rings is 1. The van der Waals surface area contributed by atoms with E-state index in [0.717, 1.165) is 18.6 Å². The molecule has 0 aliphatic carbocycles. The van der Waals surface area contributed by atoms with Crippen LogP contribution in [0.4, 0.5) is 4.39 Å². The third-order valence-electron chi connectivity index (χ3n) is 4.61. The molecule has 0 aliphatic heterocycles. The molecule has 1 aromatic heterocycles. The third kappa shape index (κ3) is 6.99. The fraction of sp³-hybridized carbons (Fsp3) is 0.500. The molecule has 0 fully saturated rings. The number of unbranched alkanes of at least 4 members (excludes halogenated alkanes) is 1. The second-order valence-electron chi connectivity index (χ2n) is 7.59. The molecule has 1 aromatic carbocycles. The van der Waals surface area contributed by atoms with Gasteiger partial charge in [-0.05, 0) is 37.3 Å². The van der Waals surface area contributed by atoms with Crippen LogP contribution in [0.15, 0.2) is 34.2 Å². The maximum atomic E-state index is 13.9. The minimum absolute atomic E-state index is 0.0857. The van der Waals surface area contributed by atoms with Crippen molar-refractivity contribution in [3.8, 4) is 0 Å². The van der Waals surface area contributed by atoms with Gasteiger partial charge in [0.25, 0.3) is 5.56 Å². The maximum absolute atomic E-state index is 13.9. The van der Waals surface area contributed by atoms with Gasteiger partial charge >= 0.3 is 0 Å². The molecule has 0 saturated heterocycles. The Morgan fingerprint density at radius 3 is 2.69 bits per heavy atom. The summed E-state index contributed by atoms with van der Waals surface area (Å²) in [6.07, 6.45) is 2.41. The third-order valence-corrected chi connectivity index (χ3v) is 5.73. The fourth-order valence-electron chi connectivity index (χ4n) is 2.85. The summed E-state index contributed by atoms with van der Waals surface area (Å²) >= 11 is 1.51. The first-order valence-corrected chi connectivity index (χ1v) is 11.0. The molecule has 0 radical (unpaired) electrons. The second kappa shape index (κ2) is 11.1. The summed E-state index contributed by atoms with van der Waals surface area (Å²) in [5.74, 6) is 1.00. The van der Waals surface area contributed by atoms with Crippen molar-refractivity contribution >= 4 is 17.7 Å². The number of rotatable bonds is 10. The van der Waals surface area contributed by atoms with E-state index >= 15 is 0 Å². The predicted octanol–water partition coefficient (Wildman–Crippen LogP) is 3.85. The topological polar surface area (TPSA) is 64.0 Å². The zero-order valence-electron chi connectivity index (χ0n) is 17.6. The summed E-state index contributed by atoms with van der Waals surface area (Å²) in [5.41, 5.74) is 1.50. The maximum Gasteiger partial charge on any atom is 0.257 e. The molecule has 0 bridgehead atoms. The Hall–Kier alpha value is -2.15. The van der Waals surface area contributed by atoms with Gasteiger partial charge in [0.1, 0.15) is 5.82 Å². The Labute approximate surface area is 176 Å². The summed E-state index contributed by atoms with van der Waals surface area (Å²) in [5, 5.41) is 3.56. The van der Waals surface area contributed by atoms with Crippen LogP contribution in [0.25, 0.3) is 0 Å². The smallest absolute Gasteiger partial charge is 0.257 e. The number of hydrogen-bond donors (Lipinski definition) is 1. The van der Waals surface area contributed by atoms with Gasteiger partial charge in [-0.3, -0.25) is 14.2 Å². The molecular formula is C22H30FN3O2S. The number of hydrogen-bond acceptors (Lipinski definition) is 4. The Morgan fingerprint density at radius 1 is 1.28 bits per heavy atom. The van der Waals surface area contributed by atoms with Gasteiger partial charge in [-0.1, -0.05) is 43.8 Å². The van der Waals surface area contributed by atoms with Gasteiger partial charge in [-0.15, -0.1) is 0 Å². The molecule has 0 spiro atoms. The van der Waals surface area contributed by atoms with Gasteiger partial charge in [0.05, 0.1) is 0 Å². The first-order chi connectivity index (χ1) is 13.8. The number of carbonyl (C=O) groups excluding carboxylic acids is 1. The minimum Gasteiger partial charge on any atom is -0.356 e. The zero-order chi connectivity index (χ0) is 21.4. The molecule has 2 aromatic rings. The van der Waals surface area contributed by atoms with E-state index in [-0.39, 0.29) is 23.7 Å². The highest BCUT2D eigenvalue weighted by Gasteiger charge is 2.14. The molecule has 0 aliphatic rings. The number of aryl methyl sites for hydroxylation is 1. The lowest BCUT2D eigenvalue weighted by Gasteiger charge is -2.12. The zero-order valence-corrected chi connectivity index (χ0v) is 18.4. The van der Waals surface area contributed by atoms with Crippen molar-refractivity contribution in [1.29, 1.82) is 0 Å². The van der Waals surface area contributed by atoms with Crippen molar-refractivity contribution in [2.24, 2.45) is 13.0 Å². The summed E-state index contributed by atoms with van der Waals surface area (Å²) in [6, 6.07) is 6.48. The van der Waals surface area contributed by atoms with Gasteiger partial charge in [0.15, 0.2) is 5.16 Å². The predicted molar refractivity (Wildman–Crippen MR) is 116 cm³/mol. The van der Waals surface area contributed by atoms with Crippen molar-refractivity contribution in [2.45, 2.75) is 51.6 Å². The standard InChI is InChI=1S/C22H30FN3O2S/c1-15(2)14-24-20(27)11-7-8-12-29-22-25-16(3)18(21(28)26(22)4)13-17-9-5-6-10-19(17)23/h5-6,9-10,15H,7-8,11-14H2,1-4H3,(H,24,27). The molecule has 0 unspecified atom stereocenters. The van der Waals surface area contributed by atoms with E-state index in [1.165, 1.54) is 22.4 Å². The van der Waals surface area contributed by atoms with Gasteiger partial charge in [-0.25, -0.2) is 9.37 Å². The summed E-state index contributed by atoms with van der Waals surface area (Å²) < 4.78 is 15.5. The van der Waals surface area contributed by atoms with Gasteiger partial charge in [0, 0.05) is 43.4 Å². The van der Waals surface area contributed by atoms with Crippen LogP contribution >= 0.6 is 11.8 Å². The number of thioether (sulfide) groups is 1. The van der Waals surface area contributed by atoms with Crippen molar-refractivity contribution in [2.75, 3.05) is 12.3 Å². The van der Waals surface area contributed by atoms with Crippen LogP contribution in [0.3, 0.4) is 0 Å². The molecule has 1 heterocycles. The fourth-order valence-corrected chi connectivity index (χ4v) is 3.86. The first-order valence-electron chi connectivity index (χ1n) is 9.99. The van der Waals surface area contributed by atoms with E-state index in [1.807, 2.05) is 0 Å². The highest BCUT2D eigenvalue weighted by atomic mass is 32.2. The van der Waals surface area contributed by atoms with E-state index in [9.17, 15) is 14.0 Å². The molecule has 0 saturated carbocycles. The summed E-state index contributed by atoms with van der Waals surface area (Å²) in [4.78, 5) is 29.1. The summed E-state index contributed by atoms with van der Waals surface area (Å²) in [6.45, 7) is 6.63.